The fourth-order valence-electron chi connectivity index (χ4n) is 2.16. The van der Waals surface area contributed by atoms with E-state index in [1.807, 2.05) is 24.3 Å². The first-order valence-electron chi connectivity index (χ1n) is 5.53. The first-order valence-corrected chi connectivity index (χ1v) is 6.28. The lowest BCUT2D eigenvalue weighted by Gasteiger charge is -2.18. The summed E-state index contributed by atoms with van der Waals surface area (Å²) < 4.78 is 0. The van der Waals surface area contributed by atoms with Gasteiger partial charge in [-0.15, -0.1) is 0 Å². The summed E-state index contributed by atoms with van der Waals surface area (Å²) in [5.74, 6) is 0.0505. The van der Waals surface area contributed by atoms with E-state index in [9.17, 15) is 4.79 Å². The van der Waals surface area contributed by atoms with Crippen molar-refractivity contribution in [3.05, 3.63) is 58.1 Å². The van der Waals surface area contributed by atoms with E-state index < -0.39 is 0 Å². The predicted molar refractivity (Wildman–Crippen MR) is 73.8 cm³/mol. The van der Waals surface area contributed by atoms with Crippen LogP contribution in [0.3, 0.4) is 0 Å². The molecule has 3 rings (SSSR count). The van der Waals surface area contributed by atoms with E-state index in [1.165, 1.54) is 0 Å². The van der Waals surface area contributed by atoms with Crippen LogP contribution in [-0.4, -0.2) is 5.91 Å². The molecule has 0 saturated heterocycles. The predicted octanol–water partition coefficient (Wildman–Crippen LogP) is 4.21. The van der Waals surface area contributed by atoms with Gasteiger partial charge in [0.05, 0.1) is 27.8 Å². The molecule has 1 aliphatic heterocycles. The van der Waals surface area contributed by atoms with Crippen molar-refractivity contribution in [2.75, 3.05) is 4.90 Å². The van der Waals surface area contributed by atoms with Crippen LogP contribution in [0.2, 0.25) is 10.0 Å². The van der Waals surface area contributed by atoms with Crippen molar-refractivity contribution < 1.29 is 4.79 Å². The molecule has 0 spiro atoms. The summed E-state index contributed by atoms with van der Waals surface area (Å²) in [7, 11) is 0. The van der Waals surface area contributed by atoms with Crippen LogP contribution in [0.1, 0.15) is 5.56 Å². The molecule has 18 heavy (non-hydrogen) atoms. The Morgan fingerprint density at radius 2 is 1.78 bits per heavy atom. The molecule has 0 unspecified atom stereocenters. The second kappa shape index (κ2) is 4.30. The van der Waals surface area contributed by atoms with Gasteiger partial charge in [0.1, 0.15) is 0 Å². The minimum atomic E-state index is 0.0505. The third kappa shape index (κ3) is 1.78. The van der Waals surface area contributed by atoms with Crippen molar-refractivity contribution in [1.29, 1.82) is 0 Å². The number of benzene rings is 2. The normalized spacial score (nSPS) is 13.9. The summed E-state index contributed by atoms with van der Waals surface area (Å²) in [5.41, 5.74) is 2.70. The largest absolute Gasteiger partial charge is 0.280 e. The Hall–Kier alpha value is -1.51. The molecule has 0 aromatic heterocycles. The van der Waals surface area contributed by atoms with Crippen LogP contribution in [0.15, 0.2) is 42.5 Å². The van der Waals surface area contributed by atoms with Crippen LogP contribution in [0.25, 0.3) is 0 Å². The average Bonchev–Trinajstić information content (AvgIpc) is 2.69. The van der Waals surface area contributed by atoms with E-state index in [2.05, 4.69) is 0 Å². The highest BCUT2D eigenvalue weighted by molar-refractivity contribution is 6.42. The van der Waals surface area contributed by atoms with Gasteiger partial charge < -0.3 is 0 Å². The van der Waals surface area contributed by atoms with Crippen molar-refractivity contribution >= 4 is 40.5 Å². The Balaban J connectivity index is 2.11. The van der Waals surface area contributed by atoms with E-state index in [0.29, 0.717) is 16.5 Å². The van der Waals surface area contributed by atoms with E-state index >= 15 is 0 Å². The number of fused-ring (bicyclic) bond motifs is 1. The highest BCUT2D eigenvalue weighted by Gasteiger charge is 2.28. The Morgan fingerprint density at radius 1 is 1.00 bits per heavy atom. The van der Waals surface area contributed by atoms with Gasteiger partial charge in [0.2, 0.25) is 5.91 Å². The lowest BCUT2D eigenvalue weighted by molar-refractivity contribution is -0.116. The maximum absolute atomic E-state index is 12.1. The van der Waals surface area contributed by atoms with Crippen molar-refractivity contribution in [3.8, 4) is 0 Å². The molecule has 2 nitrogen and oxygen atoms in total. The molecule has 0 aliphatic carbocycles. The molecule has 0 radical (unpaired) electrons. The van der Waals surface area contributed by atoms with E-state index in [0.717, 1.165) is 16.9 Å². The minimum Gasteiger partial charge on any atom is -0.280 e. The number of hydrogen-bond donors (Lipinski definition) is 0. The zero-order valence-electron chi connectivity index (χ0n) is 9.36. The van der Waals surface area contributed by atoms with Gasteiger partial charge in [-0.1, -0.05) is 41.4 Å². The van der Waals surface area contributed by atoms with Gasteiger partial charge in [0.15, 0.2) is 0 Å². The summed E-state index contributed by atoms with van der Waals surface area (Å²) in [6, 6.07) is 13.0. The zero-order chi connectivity index (χ0) is 12.7. The van der Waals surface area contributed by atoms with Gasteiger partial charge >= 0.3 is 0 Å². The number of amides is 1. The van der Waals surface area contributed by atoms with E-state index in [1.54, 1.807) is 23.1 Å². The second-order valence-corrected chi connectivity index (χ2v) is 4.95. The summed E-state index contributed by atoms with van der Waals surface area (Å²) >= 11 is 11.9. The molecule has 0 N–H and O–H groups in total. The topological polar surface area (TPSA) is 20.3 Å². The lowest BCUT2D eigenvalue weighted by atomic mass is 10.2. The molecule has 2 aromatic carbocycles. The van der Waals surface area contributed by atoms with Crippen molar-refractivity contribution in [2.45, 2.75) is 6.42 Å². The third-order valence-electron chi connectivity index (χ3n) is 2.98. The highest BCUT2D eigenvalue weighted by atomic mass is 35.5. The van der Waals surface area contributed by atoms with Crippen LogP contribution in [0, 0.1) is 0 Å². The van der Waals surface area contributed by atoms with E-state index in [-0.39, 0.29) is 5.91 Å². The number of para-hydroxylation sites is 1. The lowest BCUT2D eigenvalue weighted by Crippen LogP contribution is -2.20. The number of hydrogen-bond acceptors (Lipinski definition) is 1. The van der Waals surface area contributed by atoms with Gasteiger partial charge in [-0.3, -0.25) is 9.69 Å². The fourth-order valence-corrected chi connectivity index (χ4v) is 2.45. The third-order valence-corrected chi connectivity index (χ3v) is 3.72. The number of anilines is 2. The molecular formula is C14H9Cl2NO. The number of carbonyl (C=O) groups excluding carboxylic acids is 1. The SMILES string of the molecule is O=C1Cc2ccccc2N1c1ccc(Cl)c(Cl)c1. The van der Waals surface area contributed by atoms with Gasteiger partial charge in [-0.2, -0.15) is 0 Å². The standard InChI is InChI=1S/C14H9Cl2NO/c15-11-6-5-10(8-12(11)16)17-13-4-2-1-3-9(13)7-14(17)18/h1-6,8H,7H2. The van der Waals surface area contributed by atoms with Crippen molar-refractivity contribution in [2.24, 2.45) is 0 Å². The van der Waals surface area contributed by atoms with Crippen LogP contribution < -0.4 is 4.90 Å². The van der Waals surface area contributed by atoms with Gasteiger partial charge in [-0.05, 0) is 29.8 Å². The molecular weight excluding hydrogens is 269 g/mol. The van der Waals surface area contributed by atoms with Crippen molar-refractivity contribution in [1.82, 2.24) is 0 Å². The molecule has 0 atom stereocenters. The zero-order valence-corrected chi connectivity index (χ0v) is 10.9. The van der Waals surface area contributed by atoms with Crippen molar-refractivity contribution in [3.63, 3.8) is 0 Å². The Bertz CT molecular complexity index is 639. The average molecular weight is 278 g/mol. The number of rotatable bonds is 1. The van der Waals surface area contributed by atoms with Gasteiger partial charge in [0.25, 0.3) is 0 Å². The van der Waals surface area contributed by atoms with Crippen LogP contribution >= 0.6 is 23.2 Å². The Labute approximate surface area is 115 Å². The molecule has 0 saturated carbocycles. The van der Waals surface area contributed by atoms with Crippen LogP contribution in [0.4, 0.5) is 11.4 Å². The fraction of sp³-hybridized carbons (Fsp3) is 0.0714. The van der Waals surface area contributed by atoms with Crippen LogP contribution in [-0.2, 0) is 11.2 Å². The first kappa shape index (κ1) is 11.6. The molecule has 4 heteroatoms. The highest BCUT2D eigenvalue weighted by Crippen LogP contribution is 2.37. The molecule has 2 aromatic rings. The van der Waals surface area contributed by atoms with Gasteiger partial charge in [0, 0.05) is 0 Å². The molecule has 1 amide bonds. The van der Waals surface area contributed by atoms with Gasteiger partial charge in [-0.25, -0.2) is 0 Å². The summed E-state index contributed by atoms with van der Waals surface area (Å²) in [6.07, 6.45) is 0.427. The maximum atomic E-state index is 12.1. The Morgan fingerprint density at radius 3 is 2.56 bits per heavy atom. The molecule has 0 fully saturated rings. The summed E-state index contributed by atoms with van der Waals surface area (Å²) in [4.78, 5) is 13.8. The molecule has 0 bridgehead atoms. The summed E-state index contributed by atoms with van der Waals surface area (Å²) in [6.45, 7) is 0. The van der Waals surface area contributed by atoms with E-state index in [4.69, 9.17) is 23.2 Å². The smallest absolute Gasteiger partial charge is 0.236 e. The quantitative estimate of drug-likeness (QED) is 0.765. The maximum Gasteiger partial charge on any atom is 0.236 e. The monoisotopic (exact) mass is 277 g/mol. The molecule has 90 valence electrons. The minimum absolute atomic E-state index is 0.0505. The number of carbonyl (C=O) groups is 1. The second-order valence-electron chi connectivity index (χ2n) is 4.13. The Kier molecular flexibility index (Phi) is 2.77. The molecule has 1 aliphatic rings. The number of halogens is 2. The first-order chi connectivity index (χ1) is 8.66. The molecule has 1 heterocycles. The number of nitrogens with zero attached hydrogens (tertiary/aromatic N) is 1. The summed E-state index contributed by atoms with van der Waals surface area (Å²) in [5, 5.41) is 0.937. The van der Waals surface area contributed by atoms with Crippen LogP contribution in [0.5, 0.6) is 0 Å².